The van der Waals surface area contributed by atoms with Crippen LogP contribution in [0.3, 0.4) is 0 Å². The summed E-state index contributed by atoms with van der Waals surface area (Å²) in [5.41, 5.74) is 7.91. The molecule has 0 bridgehead atoms. The Kier molecular flexibility index (Phi) is 11.8. The number of ether oxygens (including phenoxy) is 1. The number of nitrogens with one attached hydrogen (secondary N) is 1. The molecular formula is C24H29F3N2O5. The topological polar surface area (TPSA) is 119 Å². The highest BCUT2D eigenvalue weighted by Gasteiger charge is 2.38. The molecule has 1 amide bonds. The highest BCUT2D eigenvalue weighted by atomic mass is 19.4. The van der Waals surface area contributed by atoms with Crippen molar-refractivity contribution >= 4 is 17.8 Å². The van der Waals surface area contributed by atoms with E-state index in [9.17, 15) is 22.8 Å². The van der Waals surface area contributed by atoms with Gasteiger partial charge in [0.25, 0.3) is 0 Å². The highest BCUT2D eigenvalue weighted by Crippen LogP contribution is 2.13. The van der Waals surface area contributed by atoms with Crippen molar-refractivity contribution in [1.29, 1.82) is 0 Å². The molecular weight excluding hydrogens is 453 g/mol. The van der Waals surface area contributed by atoms with Crippen molar-refractivity contribution in [3.63, 3.8) is 0 Å². The summed E-state index contributed by atoms with van der Waals surface area (Å²) in [6.07, 6.45) is -4.17. The fourth-order valence-corrected chi connectivity index (χ4v) is 2.75. The number of carbonyl (C=O) groups is 3. The summed E-state index contributed by atoms with van der Waals surface area (Å²) in [5.74, 6) is -3.31. The molecule has 0 spiro atoms. The average Bonchev–Trinajstić information content (AvgIpc) is 2.77. The third-order valence-corrected chi connectivity index (χ3v) is 4.41. The molecule has 0 unspecified atom stereocenters. The molecule has 2 aromatic carbocycles. The second-order valence-corrected chi connectivity index (χ2v) is 7.88. The normalized spacial score (nSPS) is 12.7. The van der Waals surface area contributed by atoms with Gasteiger partial charge in [0.05, 0.1) is 6.04 Å². The minimum absolute atomic E-state index is 0.181. The van der Waals surface area contributed by atoms with E-state index in [1.807, 2.05) is 74.5 Å². The number of carbonyl (C=O) groups excluding carboxylic acids is 2. The highest BCUT2D eigenvalue weighted by molar-refractivity contribution is 5.87. The number of amides is 1. The van der Waals surface area contributed by atoms with E-state index < -0.39 is 30.2 Å². The van der Waals surface area contributed by atoms with Gasteiger partial charge in [0.15, 0.2) is 0 Å². The third kappa shape index (κ3) is 11.5. The van der Waals surface area contributed by atoms with Crippen molar-refractivity contribution in [1.82, 2.24) is 5.32 Å². The Labute approximate surface area is 196 Å². The Morgan fingerprint density at radius 3 is 1.88 bits per heavy atom. The fourth-order valence-electron chi connectivity index (χ4n) is 2.75. The zero-order valence-electron chi connectivity index (χ0n) is 18.9. The first-order valence-electron chi connectivity index (χ1n) is 10.5. The number of hydrogen-bond donors (Lipinski definition) is 3. The molecule has 7 nitrogen and oxygen atoms in total. The number of aliphatic carboxylic acids is 1. The van der Waals surface area contributed by atoms with Gasteiger partial charge in [-0.1, -0.05) is 74.5 Å². The number of carboxylic acid groups (broad SMARTS) is 1. The zero-order chi connectivity index (χ0) is 25.7. The van der Waals surface area contributed by atoms with Crippen LogP contribution in [-0.4, -0.2) is 41.2 Å². The molecule has 2 atom stereocenters. The summed E-state index contributed by atoms with van der Waals surface area (Å²) < 4.78 is 37.1. The predicted octanol–water partition coefficient (Wildman–Crippen LogP) is 3.46. The van der Waals surface area contributed by atoms with Crippen LogP contribution in [0.4, 0.5) is 13.2 Å². The Morgan fingerprint density at radius 1 is 0.971 bits per heavy atom. The summed E-state index contributed by atoms with van der Waals surface area (Å²) in [5, 5.41) is 9.89. The summed E-state index contributed by atoms with van der Waals surface area (Å²) in [4.78, 5) is 33.9. The summed E-state index contributed by atoms with van der Waals surface area (Å²) in [6.45, 7) is 4.17. The van der Waals surface area contributed by atoms with Crippen LogP contribution in [0.1, 0.15) is 31.4 Å². The van der Waals surface area contributed by atoms with E-state index >= 15 is 0 Å². The van der Waals surface area contributed by atoms with Crippen LogP contribution in [0.25, 0.3) is 0 Å². The first-order chi connectivity index (χ1) is 15.9. The van der Waals surface area contributed by atoms with E-state index in [4.69, 9.17) is 20.4 Å². The lowest BCUT2D eigenvalue weighted by molar-refractivity contribution is -0.192. The number of halogens is 3. The summed E-state index contributed by atoms with van der Waals surface area (Å²) in [6, 6.07) is 17.6. The van der Waals surface area contributed by atoms with Gasteiger partial charge in [-0.25, -0.2) is 9.59 Å². The molecule has 0 radical (unpaired) electrons. The van der Waals surface area contributed by atoms with E-state index in [2.05, 4.69) is 5.32 Å². The first kappa shape index (κ1) is 28.6. The standard InChI is InChI=1S/C22H28N2O3.C2HF3O2/c1-16(2)13-20(22(26)27-15-18-11-7-4-8-12-18)24-21(25)19(23)14-17-9-5-3-6-10-17;3-2(4,5)1(6)7/h3-12,16,19-20H,13-15,23H2,1-2H3,(H,24,25);(H,6,7)/t19-,20-;/m0./s1. The molecule has 0 aliphatic rings. The molecule has 0 heterocycles. The molecule has 4 N–H and O–H groups in total. The maximum Gasteiger partial charge on any atom is 0.490 e. The molecule has 0 fully saturated rings. The van der Waals surface area contributed by atoms with Crippen molar-refractivity contribution in [3.8, 4) is 0 Å². The van der Waals surface area contributed by atoms with Crippen molar-refractivity contribution in [2.24, 2.45) is 11.7 Å². The van der Waals surface area contributed by atoms with Crippen LogP contribution in [0.5, 0.6) is 0 Å². The quantitative estimate of drug-likeness (QED) is 0.471. The van der Waals surface area contributed by atoms with E-state index in [0.29, 0.717) is 12.8 Å². The lowest BCUT2D eigenvalue weighted by Gasteiger charge is -2.21. The van der Waals surface area contributed by atoms with Gasteiger partial charge in [0.2, 0.25) is 5.91 Å². The van der Waals surface area contributed by atoms with E-state index in [0.717, 1.165) is 11.1 Å². The molecule has 0 aliphatic carbocycles. The smallest absolute Gasteiger partial charge is 0.475 e. The number of esters is 1. The van der Waals surface area contributed by atoms with Gasteiger partial charge >= 0.3 is 18.1 Å². The molecule has 0 saturated carbocycles. The first-order valence-corrected chi connectivity index (χ1v) is 10.5. The third-order valence-electron chi connectivity index (χ3n) is 4.41. The second kappa shape index (κ2) is 14.0. The minimum Gasteiger partial charge on any atom is -0.475 e. The lowest BCUT2D eigenvalue weighted by Crippen LogP contribution is -2.50. The molecule has 0 saturated heterocycles. The SMILES string of the molecule is CC(C)C[C@H](NC(=O)[C@@H](N)Cc1ccccc1)C(=O)OCc1ccccc1.O=C(O)C(F)(F)F. The van der Waals surface area contributed by atoms with E-state index in [1.165, 1.54) is 0 Å². The van der Waals surface area contributed by atoms with Crippen LogP contribution < -0.4 is 11.1 Å². The number of hydrogen-bond acceptors (Lipinski definition) is 5. The Hall–Kier alpha value is -3.40. The second-order valence-electron chi connectivity index (χ2n) is 7.88. The lowest BCUT2D eigenvalue weighted by atomic mass is 10.0. The number of rotatable bonds is 9. The van der Waals surface area contributed by atoms with Crippen LogP contribution >= 0.6 is 0 Å². The summed E-state index contributed by atoms with van der Waals surface area (Å²) >= 11 is 0. The van der Waals surface area contributed by atoms with Gasteiger partial charge in [-0.15, -0.1) is 0 Å². The van der Waals surface area contributed by atoms with Gasteiger partial charge in [0.1, 0.15) is 12.6 Å². The van der Waals surface area contributed by atoms with E-state index in [-0.39, 0.29) is 18.4 Å². The average molecular weight is 482 g/mol. The van der Waals surface area contributed by atoms with Gasteiger partial charge in [-0.3, -0.25) is 4.79 Å². The number of carboxylic acids is 1. The molecule has 186 valence electrons. The Balaban J connectivity index is 0.000000718. The van der Waals surface area contributed by atoms with Crippen molar-refractivity contribution in [3.05, 3.63) is 71.8 Å². The maximum absolute atomic E-state index is 12.5. The molecule has 2 aromatic rings. The Morgan fingerprint density at radius 2 is 1.44 bits per heavy atom. The molecule has 0 aromatic heterocycles. The van der Waals surface area contributed by atoms with Crippen molar-refractivity contribution in [2.45, 2.75) is 51.6 Å². The van der Waals surface area contributed by atoms with Gasteiger partial charge in [-0.05, 0) is 29.9 Å². The molecule has 0 aliphatic heterocycles. The number of nitrogens with two attached hydrogens (primary N) is 1. The van der Waals surface area contributed by atoms with Crippen molar-refractivity contribution in [2.75, 3.05) is 0 Å². The molecule has 10 heteroatoms. The van der Waals surface area contributed by atoms with Crippen LogP contribution in [0, 0.1) is 5.92 Å². The number of alkyl halides is 3. The van der Waals surface area contributed by atoms with Gasteiger partial charge in [0, 0.05) is 0 Å². The van der Waals surface area contributed by atoms with E-state index in [1.54, 1.807) is 0 Å². The minimum atomic E-state index is -5.08. The molecule has 34 heavy (non-hydrogen) atoms. The summed E-state index contributed by atoms with van der Waals surface area (Å²) in [7, 11) is 0. The van der Waals surface area contributed by atoms with Crippen LogP contribution in [0.15, 0.2) is 60.7 Å². The Bertz CT molecular complexity index is 906. The van der Waals surface area contributed by atoms with Crippen LogP contribution in [0.2, 0.25) is 0 Å². The van der Waals surface area contributed by atoms with Crippen molar-refractivity contribution < 1.29 is 37.4 Å². The maximum atomic E-state index is 12.5. The van der Waals surface area contributed by atoms with Gasteiger partial charge in [-0.2, -0.15) is 13.2 Å². The fraction of sp³-hybridized carbons (Fsp3) is 0.375. The number of benzene rings is 2. The molecule has 2 rings (SSSR count). The van der Waals surface area contributed by atoms with Gasteiger partial charge < -0.3 is 20.9 Å². The largest absolute Gasteiger partial charge is 0.490 e. The van der Waals surface area contributed by atoms with Crippen LogP contribution in [-0.2, 0) is 32.1 Å². The monoisotopic (exact) mass is 482 g/mol. The zero-order valence-corrected chi connectivity index (χ0v) is 18.9. The predicted molar refractivity (Wildman–Crippen MR) is 119 cm³/mol.